The van der Waals surface area contributed by atoms with E-state index in [9.17, 15) is 4.79 Å². The molecule has 0 saturated carbocycles. The van der Waals surface area contributed by atoms with Crippen LogP contribution in [-0.4, -0.2) is 22.9 Å². The summed E-state index contributed by atoms with van der Waals surface area (Å²) in [6.45, 7) is 0.493. The van der Waals surface area contributed by atoms with Gasteiger partial charge in [0.25, 0.3) is 0 Å². The van der Waals surface area contributed by atoms with Gasteiger partial charge in [0.2, 0.25) is 6.08 Å². The summed E-state index contributed by atoms with van der Waals surface area (Å²) in [5.74, 6) is 0. The molecule has 0 aliphatic rings. The Labute approximate surface area is 45.4 Å². The summed E-state index contributed by atoms with van der Waals surface area (Å²) >= 11 is 0. The van der Waals surface area contributed by atoms with Crippen LogP contribution >= 0.6 is 0 Å². The minimum atomic E-state index is 0.493. The number of hydrogen-bond acceptors (Lipinski definition) is 2. The Morgan fingerprint density at radius 3 is 3.00 bits per heavy atom. The van der Waals surface area contributed by atoms with E-state index in [0.717, 1.165) is 10.2 Å². The van der Waals surface area contributed by atoms with Crippen molar-refractivity contribution < 1.29 is 4.79 Å². The van der Waals surface area contributed by atoms with E-state index < -0.39 is 0 Å². The average molecular weight is 113 g/mol. The van der Waals surface area contributed by atoms with E-state index >= 15 is 0 Å². The first-order valence-electron chi connectivity index (χ1n) is 2.06. The fraction of sp³-hybridized carbons (Fsp3) is 0.250. The highest BCUT2D eigenvalue weighted by Gasteiger charge is 1.62. The predicted molar refractivity (Wildman–Crippen MR) is 32.1 cm³/mol. The van der Waals surface area contributed by atoms with Gasteiger partial charge >= 0.3 is 0 Å². The van der Waals surface area contributed by atoms with Crippen LogP contribution in [0.25, 0.3) is 0 Å². The Hall–Kier alpha value is -0.663. The van der Waals surface area contributed by atoms with Crippen LogP contribution in [0.1, 0.15) is 0 Å². The van der Waals surface area contributed by atoms with Crippen LogP contribution in [0.2, 0.25) is 0 Å². The molecule has 0 bridgehead atoms. The monoisotopic (exact) mass is 113 g/mol. The molecule has 0 aromatic carbocycles. The summed E-state index contributed by atoms with van der Waals surface area (Å²) in [6, 6.07) is 0. The van der Waals surface area contributed by atoms with Gasteiger partial charge in [-0.1, -0.05) is 6.08 Å². The molecule has 0 rings (SSSR count). The second kappa shape index (κ2) is 5.34. The molecule has 0 N–H and O–H groups in total. The number of hydrogen-bond donors (Lipinski definition) is 0. The zero-order valence-corrected chi connectivity index (χ0v) is 6.22. The third-order valence-corrected chi connectivity index (χ3v) is 0.968. The topological polar surface area (TPSA) is 29.4 Å². The van der Waals surface area contributed by atoms with Crippen LogP contribution in [0, 0.1) is 0 Å². The summed E-state index contributed by atoms with van der Waals surface area (Å²) in [7, 11) is 1.04. The van der Waals surface area contributed by atoms with Crippen LogP contribution in [0.3, 0.4) is 0 Å². The lowest BCUT2D eigenvalue weighted by molar-refractivity contribution is 0.564. The van der Waals surface area contributed by atoms with Crippen LogP contribution < -0.4 is 0 Å². The molecule has 0 atom stereocenters. The summed E-state index contributed by atoms with van der Waals surface area (Å²) in [4.78, 5) is 12.7. The van der Waals surface area contributed by atoms with Crippen molar-refractivity contribution in [2.45, 2.75) is 0 Å². The van der Waals surface area contributed by atoms with Gasteiger partial charge in [-0.3, -0.25) is 0 Å². The van der Waals surface area contributed by atoms with Gasteiger partial charge in [-0.2, -0.15) is 0 Å². The molecule has 0 radical (unpaired) electrons. The second-order valence-corrected chi connectivity index (χ2v) is 1.67. The quantitative estimate of drug-likeness (QED) is 0.262. The molecule has 0 amide bonds. The molecular weight excluding hydrogens is 106 g/mol. The molecular formula is C4H7NOSi. The summed E-state index contributed by atoms with van der Waals surface area (Å²) < 4.78 is 0. The van der Waals surface area contributed by atoms with E-state index in [-0.39, 0.29) is 0 Å². The standard InChI is InChI=1S/C4H7NOSi/c6-4-5-2-1-3-7/h1,3H,2H2,7H3. The highest BCUT2D eigenvalue weighted by Crippen LogP contribution is 1.66. The van der Waals surface area contributed by atoms with Gasteiger partial charge in [-0.25, -0.2) is 9.79 Å². The van der Waals surface area contributed by atoms with E-state index in [2.05, 4.69) is 4.99 Å². The van der Waals surface area contributed by atoms with Crippen molar-refractivity contribution in [3.05, 3.63) is 11.8 Å². The molecule has 7 heavy (non-hydrogen) atoms. The summed E-state index contributed by atoms with van der Waals surface area (Å²) in [5, 5.41) is 0. The van der Waals surface area contributed by atoms with Gasteiger partial charge in [-0.15, -0.1) is 5.70 Å². The first kappa shape index (κ1) is 6.34. The predicted octanol–water partition coefficient (Wildman–Crippen LogP) is -0.799. The summed E-state index contributed by atoms with van der Waals surface area (Å²) in [6.07, 6.45) is 3.29. The highest BCUT2D eigenvalue weighted by molar-refractivity contribution is 6.16. The van der Waals surface area contributed by atoms with Crippen LogP contribution in [-0.2, 0) is 4.79 Å². The average Bonchev–Trinajstić information content (AvgIpc) is 1.69. The van der Waals surface area contributed by atoms with Gasteiger partial charge in [0.15, 0.2) is 0 Å². The van der Waals surface area contributed by atoms with Crippen molar-refractivity contribution in [2.24, 2.45) is 4.99 Å². The van der Waals surface area contributed by atoms with Gasteiger partial charge in [0, 0.05) is 10.2 Å². The number of rotatable bonds is 2. The van der Waals surface area contributed by atoms with Crippen molar-refractivity contribution in [1.29, 1.82) is 0 Å². The highest BCUT2D eigenvalue weighted by atomic mass is 28.1. The number of carbonyl (C=O) groups excluding carboxylic acids is 1. The van der Waals surface area contributed by atoms with Crippen molar-refractivity contribution in [2.75, 3.05) is 6.54 Å². The van der Waals surface area contributed by atoms with Crippen LogP contribution in [0.5, 0.6) is 0 Å². The van der Waals surface area contributed by atoms with Crippen LogP contribution in [0.4, 0.5) is 0 Å². The zero-order chi connectivity index (χ0) is 5.54. The smallest absolute Gasteiger partial charge is 0.211 e. The van der Waals surface area contributed by atoms with Gasteiger partial charge in [0.05, 0.1) is 6.54 Å². The van der Waals surface area contributed by atoms with E-state index in [1.54, 1.807) is 0 Å². The Morgan fingerprint density at radius 2 is 2.57 bits per heavy atom. The molecule has 0 spiro atoms. The lowest BCUT2D eigenvalue weighted by atomic mass is 10.7. The molecule has 0 fully saturated rings. The number of aliphatic imine (C=N–C) groups is 1. The Balaban J connectivity index is 3.15. The SMILES string of the molecule is O=C=NCC=C[SiH3]. The maximum Gasteiger partial charge on any atom is 0.235 e. The van der Waals surface area contributed by atoms with Crippen LogP contribution in [0.15, 0.2) is 16.8 Å². The summed E-state index contributed by atoms with van der Waals surface area (Å²) in [5.41, 5.74) is 1.97. The Morgan fingerprint density at radius 1 is 1.86 bits per heavy atom. The first-order chi connectivity index (χ1) is 3.41. The van der Waals surface area contributed by atoms with E-state index in [1.807, 2.05) is 11.8 Å². The van der Waals surface area contributed by atoms with Crippen molar-refractivity contribution in [1.82, 2.24) is 0 Å². The van der Waals surface area contributed by atoms with Gasteiger partial charge < -0.3 is 0 Å². The fourth-order valence-corrected chi connectivity index (χ4v) is 0.406. The first-order valence-corrected chi connectivity index (χ1v) is 3.22. The Kier molecular flexibility index (Phi) is 4.83. The van der Waals surface area contributed by atoms with Crippen molar-refractivity contribution in [3.63, 3.8) is 0 Å². The van der Waals surface area contributed by atoms with Crippen molar-refractivity contribution >= 4 is 16.3 Å². The molecule has 38 valence electrons. The van der Waals surface area contributed by atoms with E-state index in [4.69, 9.17) is 0 Å². The minimum Gasteiger partial charge on any atom is -0.211 e. The largest absolute Gasteiger partial charge is 0.235 e. The molecule has 0 aliphatic carbocycles. The second-order valence-electron chi connectivity index (χ2n) is 1.00. The molecule has 3 heteroatoms. The number of nitrogens with zero attached hydrogens (tertiary/aromatic N) is 1. The van der Waals surface area contributed by atoms with E-state index in [1.165, 1.54) is 6.08 Å². The lowest BCUT2D eigenvalue weighted by Crippen LogP contribution is -1.67. The molecule has 0 heterocycles. The molecule has 0 aromatic heterocycles. The third-order valence-electron chi connectivity index (χ3n) is 0.497. The van der Waals surface area contributed by atoms with Gasteiger partial charge in [-0.05, 0) is 0 Å². The van der Waals surface area contributed by atoms with Crippen molar-refractivity contribution in [3.8, 4) is 0 Å². The molecule has 2 nitrogen and oxygen atoms in total. The van der Waals surface area contributed by atoms with Gasteiger partial charge in [0.1, 0.15) is 0 Å². The number of isocyanates is 1. The maximum absolute atomic E-state index is 9.37. The Bertz CT molecular complexity index is 104. The molecule has 0 aliphatic heterocycles. The molecule has 0 aromatic rings. The molecule has 0 unspecified atom stereocenters. The van der Waals surface area contributed by atoms with E-state index in [0.29, 0.717) is 6.54 Å². The normalized spacial score (nSPS) is 9.14. The molecule has 0 saturated heterocycles. The maximum atomic E-state index is 9.37. The minimum absolute atomic E-state index is 0.493. The zero-order valence-electron chi connectivity index (χ0n) is 4.22. The fourth-order valence-electron chi connectivity index (χ4n) is 0.195. The third kappa shape index (κ3) is 5.34. The lowest BCUT2D eigenvalue weighted by Gasteiger charge is -1.69.